The van der Waals surface area contributed by atoms with Crippen molar-refractivity contribution in [2.45, 2.75) is 38.8 Å². The Morgan fingerprint density at radius 3 is 2.25 bits per heavy atom. The van der Waals surface area contributed by atoms with Crippen molar-refractivity contribution in [1.29, 1.82) is 0 Å². The Bertz CT molecular complexity index is 274. The molecule has 0 aliphatic heterocycles. The minimum atomic E-state index is -0.800. The molecule has 1 atom stereocenters. The van der Waals surface area contributed by atoms with Crippen LogP contribution in [0.15, 0.2) is 0 Å². The Morgan fingerprint density at radius 2 is 1.65 bits per heavy atom. The van der Waals surface area contributed by atoms with Crippen LogP contribution in [0.4, 0.5) is 0 Å². The zero-order valence-electron chi connectivity index (χ0n) is 12.3. The van der Waals surface area contributed by atoms with E-state index in [1.54, 1.807) is 0 Å². The van der Waals surface area contributed by atoms with Gasteiger partial charge < -0.3 is 21.5 Å². The van der Waals surface area contributed by atoms with E-state index in [0.717, 1.165) is 32.4 Å². The van der Waals surface area contributed by atoms with E-state index in [4.69, 9.17) is 16.2 Å². The smallest absolute Gasteiger partial charge is 0.375 e. The van der Waals surface area contributed by atoms with Crippen LogP contribution in [0.25, 0.3) is 0 Å². The predicted octanol–water partition coefficient (Wildman–Crippen LogP) is -0.898. The van der Waals surface area contributed by atoms with Gasteiger partial charge in [-0.15, -0.1) is 0 Å². The molecule has 7 heteroatoms. The molecule has 0 saturated heterocycles. The van der Waals surface area contributed by atoms with Crippen LogP contribution in [0.2, 0.25) is 0 Å². The Morgan fingerprint density at radius 1 is 1.05 bits per heavy atom. The van der Waals surface area contributed by atoms with Crippen LogP contribution in [0.5, 0.6) is 0 Å². The number of rotatable bonds is 13. The first kappa shape index (κ1) is 19.0. The van der Waals surface area contributed by atoms with E-state index in [9.17, 15) is 9.59 Å². The van der Waals surface area contributed by atoms with Crippen molar-refractivity contribution < 1.29 is 14.3 Å². The number of nitrogens with two attached hydrogens (primary N) is 2. The number of esters is 1. The first-order valence-electron chi connectivity index (χ1n) is 7.17. The van der Waals surface area contributed by atoms with Gasteiger partial charge in [-0.25, -0.2) is 4.79 Å². The molecule has 0 bridgehead atoms. The zero-order valence-corrected chi connectivity index (χ0v) is 12.3. The second-order valence-electron chi connectivity index (χ2n) is 4.58. The van der Waals surface area contributed by atoms with Gasteiger partial charge in [0.25, 0.3) is 0 Å². The van der Waals surface area contributed by atoms with E-state index in [1.807, 2.05) is 0 Å². The Kier molecular flexibility index (Phi) is 12.3. The van der Waals surface area contributed by atoms with Crippen molar-refractivity contribution in [2.75, 3.05) is 32.7 Å². The summed E-state index contributed by atoms with van der Waals surface area (Å²) in [6.07, 6.45) is 2.80. The molecule has 0 spiro atoms. The number of hydrogen-bond donors (Lipinski definition) is 4. The van der Waals surface area contributed by atoms with E-state index in [-0.39, 0.29) is 0 Å². The number of nitrogens with one attached hydrogen (secondary N) is 2. The van der Waals surface area contributed by atoms with E-state index < -0.39 is 18.0 Å². The van der Waals surface area contributed by atoms with Crippen molar-refractivity contribution in [3.8, 4) is 0 Å². The quantitative estimate of drug-likeness (QED) is 0.150. The minimum absolute atomic E-state index is 0.436. The van der Waals surface area contributed by atoms with Gasteiger partial charge >= 0.3 is 5.97 Å². The number of ketones is 1. The fraction of sp³-hybridized carbons (Fsp3) is 0.846. The zero-order chi connectivity index (χ0) is 15.2. The van der Waals surface area contributed by atoms with Crippen LogP contribution >= 0.6 is 0 Å². The Hall–Kier alpha value is -1.02. The molecule has 0 radical (unpaired) electrons. The maximum Gasteiger partial charge on any atom is 0.375 e. The van der Waals surface area contributed by atoms with E-state index in [0.29, 0.717) is 26.1 Å². The summed E-state index contributed by atoms with van der Waals surface area (Å²) in [6.45, 7) is 4.82. The molecule has 0 aromatic carbocycles. The number of carbonyl (C=O) groups is 2. The highest BCUT2D eigenvalue weighted by Crippen LogP contribution is 2.00. The molecule has 0 rings (SSSR count). The topological polar surface area (TPSA) is 119 Å². The number of Topliss-reactive ketones (excluding diaryl/α,β-unsaturated/α-hetero) is 1. The lowest BCUT2D eigenvalue weighted by Gasteiger charge is -2.18. The molecule has 0 aliphatic rings. The van der Waals surface area contributed by atoms with E-state index in [2.05, 4.69) is 10.6 Å². The second-order valence-corrected chi connectivity index (χ2v) is 4.58. The van der Waals surface area contributed by atoms with Crippen LogP contribution in [0.1, 0.15) is 32.6 Å². The molecule has 0 fully saturated rings. The lowest BCUT2D eigenvalue weighted by atomic mass is 10.2. The summed E-state index contributed by atoms with van der Waals surface area (Å²) in [7, 11) is 0. The number of carbonyl (C=O) groups excluding carboxylic acids is 2. The highest BCUT2D eigenvalue weighted by Gasteiger charge is 2.16. The first-order valence-corrected chi connectivity index (χ1v) is 7.17. The van der Waals surface area contributed by atoms with Gasteiger partial charge in [-0.3, -0.25) is 10.1 Å². The van der Waals surface area contributed by atoms with Crippen LogP contribution < -0.4 is 22.1 Å². The van der Waals surface area contributed by atoms with Crippen molar-refractivity contribution in [3.63, 3.8) is 0 Å². The maximum atomic E-state index is 11.3. The van der Waals surface area contributed by atoms with Gasteiger partial charge in [0.2, 0.25) is 5.78 Å². The van der Waals surface area contributed by atoms with Gasteiger partial charge in [0.05, 0.1) is 0 Å². The number of hydrogen-bond acceptors (Lipinski definition) is 7. The summed E-state index contributed by atoms with van der Waals surface area (Å²) >= 11 is 0. The molecule has 7 nitrogen and oxygen atoms in total. The lowest BCUT2D eigenvalue weighted by Crippen LogP contribution is -2.37. The van der Waals surface area contributed by atoms with Crippen molar-refractivity contribution >= 4 is 11.8 Å². The van der Waals surface area contributed by atoms with Crippen LogP contribution in [-0.2, 0) is 14.3 Å². The predicted molar refractivity (Wildman–Crippen MR) is 78.0 cm³/mol. The fourth-order valence-electron chi connectivity index (χ4n) is 1.54. The molecule has 0 saturated carbocycles. The summed E-state index contributed by atoms with van der Waals surface area (Å²) in [5.74, 6) is -1.39. The highest BCUT2D eigenvalue weighted by atomic mass is 16.6. The monoisotopic (exact) mass is 288 g/mol. The SMILES string of the molecule is CC(=O)C(=O)OC(CCCNCCCN)NCCCN. The third kappa shape index (κ3) is 10.9. The van der Waals surface area contributed by atoms with Crippen molar-refractivity contribution in [3.05, 3.63) is 0 Å². The molecule has 118 valence electrons. The third-order valence-corrected chi connectivity index (χ3v) is 2.67. The molecule has 1 unspecified atom stereocenters. The molecular formula is C13H28N4O3. The molecule has 0 heterocycles. The average Bonchev–Trinajstić information content (AvgIpc) is 2.42. The molecule has 0 aliphatic carbocycles. The minimum Gasteiger partial charge on any atom is -0.441 e. The molecule has 0 amide bonds. The maximum absolute atomic E-state index is 11.3. The normalized spacial score (nSPS) is 12.2. The van der Waals surface area contributed by atoms with Crippen molar-refractivity contribution in [1.82, 2.24) is 10.6 Å². The summed E-state index contributed by atoms with van der Waals surface area (Å²) in [5.41, 5.74) is 10.8. The van der Waals surface area contributed by atoms with Crippen molar-refractivity contribution in [2.24, 2.45) is 11.5 Å². The molecule has 6 N–H and O–H groups in total. The molecule has 0 aromatic rings. The first-order chi connectivity index (χ1) is 9.61. The van der Waals surface area contributed by atoms with Gasteiger partial charge in [-0.1, -0.05) is 0 Å². The summed E-state index contributed by atoms with van der Waals surface area (Å²) in [6, 6.07) is 0. The van der Waals surface area contributed by atoms with Gasteiger partial charge in [-0.05, 0) is 58.4 Å². The average molecular weight is 288 g/mol. The van der Waals surface area contributed by atoms with E-state index in [1.165, 1.54) is 6.92 Å². The van der Waals surface area contributed by atoms with Crippen LogP contribution in [0, 0.1) is 0 Å². The van der Waals surface area contributed by atoms with Crippen LogP contribution in [0.3, 0.4) is 0 Å². The van der Waals surface area contributed by atoms with Gasteiger partial charge in [0.1, 0.15) is 0 Å². The summed E-state index contributed by atoms with van der Waals surface area (Å²) in [5, 5.41) is 6.34. The van der Waals surface area contributed by atoms with Crippen LogP contribution in [-0.4, -0.2) is 50.7 Å². The Balaban J connectivity index is 3.91. The third-order valence-electron chi connectivity index (χ3n) is 2.67. The highest BCUT2D eigenvalue weighted by molar-refractivity contribution is 6.32. The largest absolute Gasteiger partial charge is 0.441 e. The molecule has 0 aromatic heterocycles. The fourth-order valence-corrected chi connectivity index (χ4v) is 1.54. The van der Waals surface area contributed by atoms with Gasteiger partial charge in [-0.2, -0.15) is 0 Å². The standard InChI is InChI=1S/C13H28N4O3/c1-11(18)13(19)20-12(17-10-4-7-15)5-2-8-16-9-3-6-14/h12,16-17H,2-10,14-15H2,1H3. The van der Waals surface area contributed by atoms with Gasteiger partial charge in [0, 0.05) is 6.92 Å². The van der Waals surface area contributed by atoms with E-state index >= 15 is 0 Å². The number of ether oxygens (including phenoxy) is 1. The second kappa shape index (κ2) is 13.0. The van der Waals surface area contributed by atoms with Gasteiger partial charge in [0.15, 0.2) is 6.23 Å². The molecular weight excluding hydrogens is 260 g/mol. The lowest BCUT2D eigenvalue weighted by molar-refractivity contribution is -0.158. The Labute approximate surface area is 120 Å². The summed E-state index contributed by atoms with van der Waals surface area (Å²) in [4.78, 5) is 22.2. The summed E-state index contributed by atoms with van der Waals surface area (Å²) < 4.78 is 5.10. The molecule has 20 heavy (non-hydrogen) atoms.